The van der Waals surface area contributed by atoms with Gasteiger partial charge in [0.2, 0.25) is 5.91 Å². The van der Waals surface area contributed by atoms with Gasteiger partial charge in [0.15, 0.2) is 0 Å². The molecular formula is C17H19ClN2O3. The Labute approximate surface area is 139 Å². The third-order valence-electron chi connectivity index (χ3n) is 4.73. The molecule has 6 heteroatoms. The molecule has 2 aromatic rings. The van der Waals surface area contributed by atoms with Crippen molar-refractivity contribution < 1.29 is 14.3 Å². The van der Waals surface area contributed by atoms with Crippen LogP contribution < -0.4 is 0 Å². The summed E-state index contributed by atoms with van der Waals surface area (Å²) < 4.78 is 11.2. The van der Waals surface area contributed by atoms with E-state index in [2.05, 4.69) is 4.98 Å². The number of fused-ring (bicyclic) bond motifs is 2. The number of hydrogen-bond donors (Lipinski definition) is 1. The van der Waals surface area contributed by atoms with E-state index in [0.717, 1.165) is 22.9 Å². The number of hydrogen-bond acceptors (Lipinski definition) is 3. The lowest BCUT2D eigenvalue weighted by atomic mass is 10.0. The van der Waals surface area contributed by atoms with E-state index < -0.39 is 0 Å². The predicted molar refractivity (Wildman–Crippen MR) is 87.7 cm³/mol. The molecule has 1 amide bonds. The van der Waals surface area contributed by atoms with Crippen LogP contribution >= 0.6 is 11.6 Å². The predicted octanol–water partition coefficient (Wildman–Crippen LogP) is 2.38. The molecule has 0 spiro atoms. The number of morpholine rings is 1. The largest absolute Gasteiger partial charge is 0.379 e. The highest BCUT2D eigenvalue weighted by atomic mass is 35.5. The summed E-state index contributed by atoms with van der Waals surface area (Å²) in [5, 5.41) is 1.75. The van der Waals surface area contributed by atoms with Gasteiger partial charge in [0, 0.05) is 35.3 Å². The van der Waals surface area contributed by atoms with Crippen LogP contribution in [0.3, 0.4) is 0 Å². The molecule has 2 saturated heterocycles. The number of halogens is 1. The fourth-order valence-electron chi connectivity index (χ4n) is 3.56. The van der Waals surface area contributed by atoms with Crippen LogP contribution in [0.25, 0.3) is 10.9 Å². The number of ether oxygens (including phenoxy) is 2. The molecule has 5 nitrogen and oxygen atoms in total. The van der Waals surface area contributed by atoms with E-state index in [4.69, 9.17) is 21.1 Å². The van der Waals surface area contributed by atoms with E-state index in [1.807, 2.05) is 29.3 Å². The molecule has 0 aliphatic carbocycles. The van der Waals surface area contributed by atoms with Gasteiger partial charge in [-0.1, -0.05) is 17.7 Å². The van der Waals surface area contributed by atoms with Crippen LogP contribution in [-0.2, 0) is 20.7 Å². The Kier molecular flexibility index (Phi) is 4.01. The molecule has 0 saturated carbocycles. The Hall–Kier alpha value is -1.56. The molecule has 122 valence electrons. The summed E-state index contributed by atoms with van der Waals surface area (Å²) in [6.45, 7) is 2.52. The molecule has 2 aliphatic rings. The number of carbonyl (C=O) groups excluding carboxylic acids is 1. The van der Waals surface area contributed by atoms with Gasteiger partial charge < -0.3 is 19.4 Å². The van der Waals surface area contributed by atoms with Crippen LogP contribution in [0.15, 0.2) is 24.4 Å². The topological polar surface area (TPSA) is 54.6 Å². The minimum Gasteiger partial charge on any atom is -0.379 e. The Balaban J connectivity index is 1.54. The number of amides is 1. The van der Waals surface area contributed by atoms with Crippen molar-refractivity contribution in [1.82, 2.24) is 9.88 Å². The van der Waals surface area contributed by atoms with Crippen LogP contribution in [0, 0.1) is 0 Å². The molecule has 1 N–H and O–H groups in total. The fourth-order valence-corrected chi connectivity index (χ4v) is 3.74. The SMILES string of the molecule is O=C(Cc1c[nH]c2cc(Cl)ccc12)N1CCO[C@@H]2COCC[C@@H]21. The van der Waals surface area contributed by atoms with Gasteiger partial charge in [-0.15, -0.1) is 0 Å². The summed E-state index contributed by atoms with van der Waals surface area (Å²) in [6, 6.07) is 5.85. The summed E-state index contributed by atoms with van der Waals surface area (Å²) >= 11 is 6.01. The van der Waals surface area contributed by atoms with Gasteiger partial charge in [-0.2, -0.15) is 0 Å². The van der Waals surface area contributed by atoms with Gasteiger partial charge in [0.05, 0.1) is 25.7 Å². The first kappa shape index (κ1) is 15.0. The number of nitrogens with one attached hydrogen (secondary N) is 1. The monoisotopic (exact) mass is 334 g/mol. The van der Waals surface area contributed by atoms with Gasteiger partial charge in [-0.05, 0) is 24.1 Å². The van der Waals surface area contributed by atoms with E-state index in [9.17, 15) is 4.79 Å². The first-order chi connectivity index (χ1) is 11.2. The zero-order valence-electron chi connectivity index (χ0n) is 12.8. The average Bonchev–Trinajstić information content (AvgIpc) is 2.96. The summed E-state index contributed by atoms with van der Waals surface area (Å²) in [5.74, 6) is 0.154. The maximum atomic E-state index is 12.8. The van der Waals surface area contributed by atoms with Gasteiger partial charge in [-0.3, -0.25) is 4.79 Å². The molecule has 2 atom stereocenters. The Bertz CT molecular complexity index is 728. The Morgan fingerprint density at radius 3 is 3.22 bits per heavy atom. The number of H-pyrrole nitrogens is 1. The number of rotatable bonds is 2. The number of benzene rings is 1. The lowest BCUT2D eigenvalue weighted by Gasteiger charge is -2.43. The zero-order valence-corrected chi connectivity index (χ0v) is 13.5. The van der Waals surface area contributed by atoms with Crippen LogP contribution in [0.2, 0.25) is 5.02 Å². The zero-order chi connectivity index (χ0) is 15.8. The minimum absolute atomic E-state index is 0.0169. The molecule has 0 radical (unpaired) electrons. The van der Waals surface area contributed by atoms with Crippen molar-refractivity contribution in [1.29, 1.82) is 0 Å². The van der Waals surface area contributed by atoms with E-state index in [0.29, 0.717) is 37.8 Å². The Morgan fingerprint density at radius 1 is 1.39 bits per heavy atom. The van der Waals surface area contributed by atoms with Crippen molar-refractivity contribution in [3.05, 3.63) is 35.0 Å². The third kappa shape index (κ3) is 2.84. The molecule has 0 bridgehead atoms. The normalized spacial score (nSPS) is 24.7. The van der Waals surface area contributed by atoms with Gasteiger partial charge >= 0.3 is 0 Å². The van der Waals surface area contributed by atoms with Crippen molar-refractivity contribution in [3.63, 3.8) is 0 Å². The smallest absolute Gasteiger partial charge is 0.227 e. The fraction of sp³-hybridized carbons (Fsp3) is 0.471. The maximum Gasteiger partial charge on any atom is 0.227 e. The van der Waals surface area contributed by atoms with Crippen molar-refractivity contribution >= 4 is 28.4 Å². The molecule has 2 fully saturated rings. The van der Waals surface area contributed by atoms with Crippen LogP contribution in [0.1, 0.15) is 12.0 Å². The Morgan fingerprint density at radius 2 is 2.30 bits per heavy atom. The van der Waals surface area contributed by atoms with Crippen LogP contribution in [-0.4, -0.2) is 54.3 Å². The molecule has 4 rings (SSSR count). The number of nitrogens with zero attached hydrogens (tertiary/aromatic N) is 1. The van der Waals surface area contributed by atoms with E-state index in [1.165, 1.54) is 0 Å². The highest BCUT2D eigenvalue weighted by Crippen LogP contribution is 2.25. The molecule has 1 aromatic carbocycles. The lowest BCUT2D eigenvalue weighted by Crippen LogP contribution is -2.57. The van der Waals surface area contributed by atoms with E-state index in [-0.39, 0.29) is 18.1 Å². The standard InChI is InChI=1S/C17H19ClN2O3/c18-12-1-2-13-11(9-19-14(13)8-12)7-17(21)20-4-6-23-16-10-22-5-3-15(16)20/h1-2,8-9,15-16,19H,3-7,10H2/t15-,16+/m0/s1. The maximum absolute atomic E-state index is 12.8. The van der Waals surface area contributed by atoms with Crippen molar-refractivity contribution in [2.75, 3.05) is 26.4 Å². The number of carbonyl (C=O) groups is 1. The number of aromatic amines is 1. The van der Waals surface area contributed by atoms with Crippen LogP contribution in [0.5, 0.6) is 0 Å². The summed E-state index contributed by atoms with van der Waals surface area (Å²) in [4.78, 5) is 18.0. The lowest BCUT2D eigenvalue weighted by molar-refractivity contribution is -0.161. The quantitative estimate of drug-likeness (QED) is 0.917. The summed E-state index contributed by atoms with van der Waals surface area (Å²) in [6.07, 6.45) is 3.16. The van der Waals surface area contributed by atoms with Crippen molar-refractivity contribution in [3.8, 4) is 0 Å². The van der Waals surface area contributed by atoms with Gasteiger partial charge in [-0.25, -0.2) is 0 Å². The summed E-state index contributed by atoms with van der Waals surface area (Å²) in [5.41, 5.74) is 1.97. The van der Waals surface area contributed by atoms with Crippen molar-refractivity contribution in [2.24, 2.45) is 0 Å². The molecule has 1 aromatic heterocycles. The average molecular weight is 335 g/mol. The molecular weight excluding hydrogens is 316 g/mol. The highest BCUT2D eigenvalue weighted by molar-refractivity contribution is 6.31. The first-order valence-electron chi connectivity index (χ1n) is 7.97. The second-order valence-electron chi connectivity index (χ2n) is 6.11. The molecule has 2 aliphatic heterocycles. The first-order valence-corrected chi connectivity index (χ1v) is 8.34. The third-order valence-corrected chi connectivity index (χ3v) is 4.96. The van der Waals surface area contributed by atoms with Crippen LogP contribution in [0.4, 0.5) is 0 Å². The molecule has 23 heavy (non-hydrogen) atoms. The van der Waals surface area contributed by atoms with Gasteiger partial charge in [0.1, 0.15) is 6.10 Å². The second-order valence-corrected chi connectivity index (χ2v) is 6.54. The summed E-state index contributed by atoms with van der Waals surface area (Å²) in [7, 11) is 0. The number of aromatic nitrogens is 1. The second kappa shape index (κ2) is 6.15. The molecule has 3 heterocycles. The highest BCUT2D eigenvalue weighted by Gasteiger charge is 2.37. The van der Waals surface area contributed by atoms with E-state index >= 15 is 0 Å². The van der Waals surface area contributed by atoms with E-state index in [1.54, 1.807) is 0 Å². The minimum atomic E-state index is 0.0169. The molecule has 0 unspecified atom stereocenters. The van der Waals surface area contributed by atoms with Crippen molar-refractivity contribution in [2.45, 2.75) is 25.0 Å². The van der Waals surface area contributed by atoms with Gasteiger partial charge in [0.25, 0.3) is 0 Å².